The first-order chi connectivity index (χ1) is 12.8. The van der Waals surface area contributed by atoms with E-state index in [1.165, 1.54) is 11.1 Å². The lowest BCUT2D eigenvalue weighted by Crippen LogP contribution is -2.48. The van der Waals surface area contributed by atoms with Gasteiger partial charge in [-0.15, -0.1) is 0 Å². The Labute approximate surface area is 154 Å². The summed E-state index contributed by atoms with van der Waals surface area (Å²) in [6, 6.07) is 15.1. The zero-order chi connectivity index (χ0) is 17.8. The van der Waals surface area contributed by atoms with E-state index in [0.29, 0.717) is 6.04 Å². The van der Waals surface area contributed by atoms with Gasteiger partial charge in [0.2, 0.25) is 0 Å². The Bertz CT molecular complexity index is 828. The molecule has 0 bridgehead atoms. The van der Waals surface area contributed by atoms with Gasteiger partial charge in [0.1, 0.15) is 0 Å². The summed E-state index contributed by atoms with van der Waals surface area (Å²) in [7, 11) is 0. The molecule has 26 heavy (non-hydrogen) atoms. The predicted octanol–water partition coefficient (Wildman–Crippen LogP) is 2.79. The van der Waals surface area contributed by atoms with Crippen molar-refractivity contribution in [1.29, 1.82) is 0 Å². The Hall–Kier alpha value is -2.50. The maximum Gasteiger partial charge on any atom is 0.0983 e. The fourth-order valence-corrected chi connectivity index (χ4v) is 3.57. The van der Waals surface area contributed by atoms with E-state index >= 15 is 0 Å². The molecule has 1 aliphatic rings. The lowest BCUT2D eigenvalue weighted by molar-refractivity contribution is 0.200. The molecule has 0 saturated carbocycles. The number of nitrogens with zero attached hydrogens (tertiary/aromatic N) is 4. The van der Waals surface area contributed by atoms with E-state index in [1.807, 2.05) is 24.5 Å². The third-order valence-corrected chi connectivity index (χ3v) is 4.81. The molecule has 0 radical (unpaired) electrons. The highest BCUT2D eigenvalue weighted by atomic mass is 15.3. The van der Waals surface area contributed by atoms with Crippen LogP contribution in [0.4, 0.5) is 0 Å². The highest BCUT2D eigenvalue weighted by Crippen LogP contribution is 2.23. The van der Waals surface area contributed by atoms with Crippen LogP contribution in [-0.4, -0.2) is 45.3 Å². The van der Waals surface area contributed by atoms with Crippen LogP contribution >= 0.6 is 0 Å². The molecule has 0 spiro atoms. The maximum absolute atomic E-state index is 4.89. The summed E-state index contributed by atoms with van der Waals surface area (Å²) in [6.45, 7) is 7.13. The fraction of sp³-hybridized carbons (Fsp3) is 0.333. The lowest BCUT2D eigenvalue weighted by atomic mass is 10.1. The van der Waals surface area contributed by atoms with E-state index in [4.69, 9.17) is 5.10 Å². The standard InChI is InChI=1S/C21H25N5/c1-17-13-25(11-10-23-17)15-20-16-26(14-18-6-3-2-4-7-18)24-21(20)19-8-5-9-22-12-19/h2-9,12,16-17,23H,10-11,13-15H2,1H3. The van der Waals surface area contributed by atoms with E-state index < -0.39 is 0 Å². The van der Waals surface area contributed by atoms with Crippen molar-refractivity contribution >= 4 is 0 Å². The molecular weight excluding hydrogens is 322 g/mol. The Morgan fingerprint density at radius 3 is 2.77 bits per heavy atom. The molecule has 1 N–H and O–H groups in total. The van der Waals surface area contributed by atoms with Gasteiger partial charge in [-0.1, -0.05) is 30.3 Å². The number of aromatic nitrogens is 3. The van der Waals surface area contributed by atoms with E-state index in [9.17, 15) is 0 Å². The Morgan fingerprint density at radius 2 is 2.00 bits per heavy atom. The van der Waals surface area contributed by atoms with E-state index in [2.05, 4.69) is 63.3 Å². The maximum atomic E-state index is 4.89. The van der Waals surface area contributed by atoms with E-state index in [0.717, 1.165) is 44.0 Å². The summed E-state index contributed by atoms with van der Waals surface area (Å²) in [5.41, 5.74) is 4.65. The Balaban J connectivity index is 1.62. The molecule has 1 saturated heterocycles. The van der Waals surface area contributed by atoms with Crippen LogP contribution in [0, 0.1) is 0 Å². The van der Waals surface area contributed by atoms with Crippen LogP contribution in [0.15, 0.2) is 61.1 Å². The molecule has 3 aromatic rings. The molecule has 4 rings (SSSR count). The van der Waals surface area contributed by atoms with Crippen molar-refractivity contribution in [2.45, 2.75) is 26.1 Å². The molecule has 2 aromatic heterocycles. The minimum absolute atomic E-state index is 0.532. The molecule has 0 aliphatic carbocycles. The number of pyridine rings is 1. The zero-order valence-corrected chi connectivity index (χ0v) is 15.2. The first-order valence-electron chi connectivity index (χ1n) is 9.24. The van der Waals surface area contributed by atoms with Crippen LogP contribution in [0.3, 0.4) is 0 Å². The highest BCUT2D eigenvalue weighted by Gasteiger charge is 2.19. The Kier molecular flexibility index (Phi) is 5.09. The van der Waals surface area contributed by atoms with Crippen LogP contribution < -0.4 is 5.32 Å². The molecule has 1 aliphatic heterocycles. The second kappa shape index (κ2) is 7.81. The minimum Gasteiger partial charge on any atom is -0.312 e. The van der Waals surface area contributed by atoms with Gasteiger partial charge in [-0.25, -0.2) is 0 Å². The number of nitrogens with one attached hydrogen (secondary N) is 1. The highest BCUT2D eigenvalue weighted by molar-refractivity contribution is 5.61. The summed E-state index contributed by atoms with van der Waals surface area (Å²) in [4.78, 5) is 6.79. The summed E-state index contributed by atoms with van der Waals surface area (Å²) < 4.78 is 2.05. The molecule has 0 amide bonds. The third-order valence-electron chi connectivity index (χ3n) is 4.81. The third kappa shape index (κ3) is 4.00. The second-order valence-electron chi connectivity index (χ2n) is 7.02. The zero-order valence-electron chi connectivity index (χ0n) is 15.2. The van der Waals surface area contributed by atoms with Gasteiger partial charge in [-0.05, 0) is 24.6 Å². The van der Waals surface area contributed by atoms with E-state index in [1.54, 1.807) is 0 Å². The van der Waals surface area contributed by atoms with Gasteiger partial charge >= 0.3 is 0 Å². The van der Waals surface area contributed by atoms with Crippen LogP contribution in [-0.2, 0) is 13.1 Å². The quantitative estimate of drug-likeness (QED) is 0.771. The number of hydrogen-bond donors (Lipinski definition) is 1. The van der Waals surface area contributed by atoms with Crippen molar-refractivity contribution in [3.05, 3.63) is 72.2 Å². The van der Waals surface area contributed by atoms with Crippen molar-refractivity contribution < 1.29 is 0 Å². The molecule has 5 heteroatoms. The van der Waals surface area contributed by atoms with Crippen molar-refractivity contribution in [3.8, 4) is 11.3 Å². The first-order valence-corrected chi connectivity index (χ1v) is 9.24. The van der Waals surface area contributed by atoms with Crippen molar-refractivity contribution in [2.75, 3.05) is 19.6 Å². The molecule has 1 unspecified atom stereocenters. The normalized spacial score (nSPS) is 18.1. The molecule has 1 atom stereocenters. The molecule has 5 nitrogen and oxygen atoms in total. The van der Waals surface area contributed by atoms with Crippen molar-refractivity contribution in [2.24, 2.45) is 0 Å². The number of rotatable bonds is 5. The van der Waals surface area contributed by atoms with Gasteiger partial charge in [0.05, 0.1) is 12.2 Å². The smallest absolute Gasteiger partial charge is 0.0983 e. The SMILES string of the molecule is CC1CN(Cc2cn(Cc3ccccc3)nc2-c2cccnc2)CCN1. The van der Waals surface area contributed by atoms with Crippen LogP contribution in [0.5, 0.6) is 0 Å². The molecular formula is C21H25N5. The summed E-state index contributed by atoms with van der Waals surface area (Å²) in [5, 5.41) is 8.40. The number of hydrogen-bond acceptors (Lipinski definition) is 4. The number of piperazine rings is 1. The van der Waals surface area contributed by atoms with Crippen LogP contribution in [0.1, 0.15) is 18.1 Å². The first kappa shape index (κ1) is 16.9. The van der Waals surface area contributed by atoms with Gasteiger partial charge < -0.3 is 5.32 Å². The molecule has 134 valence electrons. The van der Waals surface area contributed by atoms with Crippen LogP contribution in [0.25, 0.3) is 11.3 Å². The fourth-order valence-electron chi connectivity index (χ4n) is 3.57. The second-order valence-corrected chi connectivity index (χ2v) is 7.02. The largest absolute Gasteiger partial charge is 0.312 e. The number of benzene rings is 1. The summed E-state index contributed by atoms with van der Waals surface area (Å²) in [5.74, 6) is 0. The van der Waals surface area contributed by atoms with E-state index in [-0.39, 0.29) is 0 Å². The monoisotopic (exact) mass is 347 g/mol. The molecule has 1 aromatic carbocycles. The molecule has 3 heterocycles. The van der Waals surface area contributed by atoms with Crippen LogP contribution in [0.2, 0.25) is 0 Å². The average Bonchev–Trinajstić information content (AvgIpc) is 3.05. The summed E-state index contributed by atoms with van der Waals surface area (Å²) in [6.07, 6.45) is 5.91. The van der Waals surface area contributed by atoms with Gasteiger partial charge in [0.15, 0.2) is 0 Å². The van der Waals surface area contributed by atoms with Crippen molar-refractivity contribution in [3.63, 3.8) is 0 Å². The molecule has 1 fully saturated rings. The Morgan fingerprint density at radius 1 is 1.12 bits per heavy atom. The van der Waals surface area contributed by atoms with Crippen molar-refractivity contribution in [1.82, 2.24) is 25.0 Å². The van der Waals surface area contributed by atoms with Gasteiger partial charge in [0.25, 0.3) is 0 Å². The van der Waals surface area contributed by atoms with Gasteiger partial charge in [-0.3, -0.25) is 14.6 Å². The average molecular weight is 347 g/mol. The summed E-state index contributed by atoms with van der Waals surface area (Å²) >= 11 is 0. The predicted molar refractivity (Wildman–Crippen MR) is 104 cm³/mol. The van der Waals surface area contributed by atoms with Gasteiger partial charge in [0, 0.05) is 61.9 Å². The minimum atomic E-state index is 0.532. The topological polar surface area (TPSA) is 46.0 Å². The van der Waals surface area contributed by atoms with Gasteiger partial charge in [-0.2, -0.15) is 5.10 Å². The lowest BCUT2D eigenvalue weighted by Gasteiger charge is -2.31.